The van der Waals surface area contributed by atoms with Crippen molar-refractivity contribution in [1.29, 1.82) is 0 Å². The molecule has 29 heavy (non-hydrogen) atoms. The number of fused-ring (bicyclic) bond motifs is 2. The summed E-state index contributed by atoms with van der Waals surface area (Å²) < 4.78 is 5.68. The van der Waals surface area contributed by atoms with Gasteiger partial charge in [0, 0.05) is 24.3 Å². The number of phenols is 2. The summed E-state index contributed by atoms with van der Waals surface area (Å²) >= 11 is 0. The number of carbonyl (C=O) groups excluding carboxylic acids is 1. The zero-order valence-electron chi connectivity index (χ0n) is 17.1. The minimum atomic E-state index is -0.588. The van der Waals surface area contributed by atoms with Gasteiger partial charge in [-0.2, -0.15) is 0 Å². The number of carbonyl (C=O) groups is 1. The number of hydrogen-bond donors (Lipinski definition) is 4. The number of hydrogen-bond acceptors (Lipinski definition) is 6. The first kappa shape index (κ1) is 20.2. The molecule has 0 unspecified atom stereocenters. The molecule has 158 valence electrons. The molecule has 1 aromatic carbocycles. The number of aliphatic hydroxyl groups is 1. The molecule has 6 heteroatoms. The van der Waals surface area contributed by atoms with E-state index in [0.717, 1.165) is 24.8 Å². The van der Waals surface area contributed by atoms with Crippen molar-refractivity contribution in [2.75, 3.05) is 13.1 Å². The van der Waals surface area contributed by atoms with Gasteiger partial charge in [0.1, 0.15) is 6.10 Å². The van der Waals surface area contributed by atoms with E-state index in [9.17, 15) is 20.1 Å². The molecule has 2 fully saturated rings. The molecule has 0 bridgehead atoms. The zero-order valence-corrected chi connectivity index (χ0v) is 17.1. The van der Waals surface area contributed by atoms with Gasteiger partial charge in [-0.15, -0.1) is 0 Å². The zero-order chi connectivity index (χ0) is 20.8. The lowest BCUT2D eigenvalue weighted by molar-refractivity contribution is -0.144. The van der Waals surface area contributed by atoms with Gasteiger partial charge < -0.3 is 25.4 Å². The minimum absolute atomic E-state index is 0.131. The van der Waals surface area contributed by atoms with E-state index in [-0.39, 0.29) is 40.8 Å². The molecule has 6 atom stereocenters. The molecule has 0 spiro atoms. The second-order valence-corrected chi connectivity index (χ2v) is 9.08. The quantitative estimate of drug-likeness (QED) is 0.262. The lowest BCUT2D eigenvalue weighted by Crippen LogP contribution is -2.54. The Morgan fingerprint density at radius 1 is 1.28 bits per heavy atom. The number of ether oxygens (including phenoxy) is 1. The van der Waals surface area contributed by atoms with Crippen LogP contribution in [-0.2, 0) is 16.0 Å². The average molecular weight is 402 g/mol. The number of rotatable bonds is 5. The van der Waals surface area contributed by atoms with Crippen LogP contribution in [0.5, 0.6) is 11.5 Å². The van der Waals surface area contributed by atoms with Crippen molar-refractivity contribution >= 4 is 5.97 Å². The molecule has 3 aliphatic rings. The molecule has 1 aromatic rings. The van der Waals surface area contributed by atoms with Crippen molar-refractivity contribution in [2.45, 2.75) is 51.7 Å². The van der Waals surface area contributed by atoms with Gasteiger partial charge in [-0.25, -0.2) is 0 Å². The van der Waals surface area contributed by atoms with Crippen LogP contribution in [-0.4, -0.2) is 46.6 Å². The molecule has 0 amide bonds. The molecule has 0 aromatic heterocycles. The fourth-order valence-corrected chi connectivity index (χ4v) is 5.51. The Hall–Kier alpha value is -2.05. The van der Waals surface area contributed by atoms with E-state index >= 15 is 0 Å². The smallest absolute Gasteiger partial charge is 0.311 e. The lowest BCUT2D eigenvalue weighted by Gasteiger charge is -2.51. The molecule has 0 radical (unpaired) electrons. The van der Waals surface area contributed by atoms with E-state index in [1.165, 1.54) is 11.6 Å². The Bertz CT molecular complexity index is 821. The third-order valence-electron chi connectivity index (χ3n) is 7.56. The first-order valence-electron chi connectivity index (χ1n) is 10.6. The molecule has 1 saturated heterocycles. The summed E-state index contributed by atoms with van der Waals surface area (Å²) in [5.41, 5.74) is 1.86. The van der Waals surface area contributed by atoms with E-state index < -0.39 is 6.10 Å². The molecule has 4 N–H and O–H groups in total. The second kappa shape index (κ2) is 7.65. The van der Waals surface area contributed by atoms with Crippen molar-refractivity contribution in [3.8, 4) is 11.5 Å². The Morgan fingerprint density at radius 3 is 2.83 bits per heavy atom. The highest BCUT2D eigenvalue weighted by atomic mass is 16.6. The summed E-state index contributed by atoms with van der Waals surface area (Å²) in [6.07, 6.45) is 4.91. The molecular weight excluding hydrogens is 370 g/mol. The van der Waals surface area contributed by atoms with Crippen molar-refractivity contribution in [2.24, 2.45) is 23.2 Å². The van der Waals surface area contributed by atoms with Crippen molar-refractivity contribution < 1.29 is 24.9 Å². The Kier molecular flexibility index (Phi) is 5.34. The SMILES string of the molecule is C[C@H]1CCC=C2C[C@H]3OC(=O)[C@@H](CNCCc4ccc(O)c(O)c4)[C@H]3[C@H](O)[C@@]21C. The largest absolute Gasteiger partial charge is 0.504 e. The highest BCUT2D eigenvalue weighted by Gasteiger charge is 2.59. The molecular formula is C23H31NO5. The monoisotopic (exact) mass is 401 g/mol. The number of allylic oxidation sites excluding steroid dienone is 1. The number of benzene rings is 1. The predicted octanol–water partition coefficient (Wildman–Crippen LogP) is 2.51. The van der Waals surface area contributed by atoms with E-state index in [1.54, 1.807) is 12.1 Å². The molecule has 1 saturated carbocycles. The molecule has 6 nitrogen and oxygen atoms in total. The Labute approximate surface area is 171 Å². The van der Waals surface area contributed by atoms with Crippen molar-refractivity contribution in [3.63, 3.8) is 0 Å². The molecule has 1 aliphatic heterocycles. The number of phenolic OH excluding ortho intramolecular Hbond substituents is 2. The van der Waals surface area contributed by atoms with Crippen LogP contribution < -0.4 is 5.32 Å². The molecule has 1 heterocycles. The van der Waals surface area contributed by atoms with E-state index in [1.807, 2.05) is 0 Å². The highest BCUT2D eigenvalue weighted by molar-refractivity contribution is 5.76. The Balaban J connectivity index is 1.40. The number of aromatic hydroxyl groups is 2. The third kappa shape index (κ3) is 3.42. The summed E-state index contributed by atoms with van der Waals surface area (Å²) in [6, 6.07) is 4.78. The average Bonchev–Trinajstić information content (AvgIpc) is 2.99. The van der Waals surface area contributed by atoms with Gasteiger partial charge in [0.2, 0.25) is 0 Å². The summed E-state index contributed by atoms with van der Waals surface area (Å²) in [4.78, 5) is 12.6. The van der Waals surface area contributed by atoms with E-state index in [0.29, 0.717) is 25.4 Å². The van der Waals surface area contributed by atoms with Crippen LogP contribution in [0.2, 0.25) is 0 Å². The maximum atomic E-state index is 12.6. The maximum absolute atomic E-state index is 12.6. The van der Waals surface area contributed by atoms with Crippen LogP contribution in [0.15, 0.2) is 29.8 Å². The second-order valence-electron chi connectivity index (χ2n) is 9.08. The van der Waals surface area contributed by atoms with Crippen molar-refractivity contribution in [3.05, 3.63) is 35.4 Å². The summed E-state index contributed by atoms with van der Waals surface area (Å²) in [7, 11) is 0. The van der Waals surface area contributed by atoms with Crippen LogP contribution in [0.4, 0.5) is 0 Å². The lowest BCUT2D eigenvalue weighted by atomic mass is 9.55. The normalized spacial score (nSPS) is 36.2. The van der Waals surface area contributed by atoms with Gasteiger partial charge in [-0.05, 0) is 49.4 Å². The Morgan fingerprint density at radius 2 is 2.07 bits per heavy atom. The van der Waals surface area contributed by atoms with Gasteiger partial charge in [0.05, 0.1) is 12.0 Å². The van der Waals surface area contributed by atoms with Gasteiger partial charge in [-0.3, -0.25) is 4.79 Å². The van der Waals surface area contributed by atoms with Crippen LogP contribution in [0.1, 0.15) is 38.7 Å². The van der Waals surface area contributed by atoms with Crippen LogP contribution in [0.25, 0.3) is 0 Å². The summed E-state index contributed by atoms with van der Waals surface area (Å²) in [5.74, 6) is -0.638. The van der Waals surface area contributed by atoms with Crippen LogP contribution >= 0.6 is 0 Å². The van der Waals surface area contributed by atoms with Gasteiger partial charge in [0.15, 0.2) is 11.5 Å². The van der Waals surface area contributed by atoms with Gasteiger partial charge in [-0.1, -0.05) is 31.6 Å². The minimum Gasteiger partial charge on any atom is -0.504 e. The van der Waals surface area contributed by atoms with Crippen LogP contribution in [0, 0.1) is 23.2 Å². The molecule has 4 rings (SSSR count). The van der Waals surface area contributed by atoms with E-state index in [4.69, 9.17) is 4.74 Å². The highest BCUT2D eigenvalue weighted by Crippen LogP contribution is 2.55. The third-order valence-corrected chi connectivity index (χ3v) is 7.56. The topological polar surface area (TPSA) is 99.0 Å². The fraction of sp³-hybridized carbons (Fsp3) is 0.609. The molecule has 2 aliphatic carbocycles. The number of esters is 1. The number of aliphatic hydroxyl groups excluding tert-OH is 1. The van der Waals surface area contributed by atoms with Crippen LogP contribution in [0.3, 0.4) is 0 Å². The fourth-order valence-electron chi connectivity index (χ4n) is 5.51. The summed E-state index contributed by atoms with van der Waals surface area (Å²) in [5, 5.41) is 33.6. The predicted molar refractivity (Wildman–Crippen MR) is 108 cm³/mol. The maximum Gasteiger partial charge on any atom is 0.311 e. The number of nitrogens with one attached hydrogen (secondary N) is 1. The van der Waals surface area contributed by atoms with Gasteiger partial charge in [0.25, 0.3) is 0 Å². The first-order chi connectivity index (χ1) is 13.8. The standard InChI is InChI=1S/C23H31NO5/c1-13-4-3-5-15-11-19-20(21(27)23(13,15)2)16(22(28)29-19)12-24-9-8-14-6-7-17(25)18(26)10-14/h5-7,10,13,16,19-21,24-27H,3-4,8-9,11-12H2,1-2H3/t13-,16-,19+,20+,21-,23+/m0/s1. The van der Waals surface area contributed by atoms with Crippen molar-refractivity contribution in [1.82, 2.24) is 5.32 Å². The van der Waals surface area contributed by atoms with E-state index in [2.05, 4.69) is 25.2 Å². The first-order valence-corrected chi connectivity index (χ1v) is 10.6. The summed E-state index contributed by atoms with van der Waals surface area (Å²) in [6.45, 7) is 5.44. The van der Waals surface area contributed by atoms with Gasteiger partial charge >= 0.3 is 5.97 Å².